The van der Waals surface area contributed by atoms with E-state index in [-0.39, 0.29) is 16.8 Å². The molecule has 0 saturated carbocycles. The second-order valence-corrected chi connectivity index (χ2v) is 6.26. The van der Waals surface area contributed by atoms with Gasteiger partial charge in [-0.25, -0.2) is 0 Å². The van der Waals surface area contributed by atoms with E-state index in [1.54, 1.807) is 0 Å². The lowest BCUT2D eigenvalue weighted by molar-refractivity contribution is -0.0118. The Morgan fingerprint density at radius 2 is 1.59 bits per heavy atom. The molecule has 2 fully saturated rings. The lowest BCUT2D eigenvalue weighted by atomic mass is 9.49. The summed E-state index contributed by atoms with van der Waals surface area (Å²) in [6, 6.07) is 0. The summed E-state index contributed by atoms with van der Waals surface area (Å²) in [4.78, 5) is 0. The molecule has 0 aromatic heterocycles. The molecule has 2 aliphatic rings. The minimum atomic E-state index is -0.434. The molecule has 4 nitrogen and oxygen atoms in total. The van der Waals surface area contributed by atoms with Crippen LogP contribution in [0.25, 0.3) is 0 Å². The molecule has 2 saturated heterocycles. The fourth-order valence-electron chi connectivity index (χ4n) is 2.26. The van der Waals surface area contributed by atoms with Gasteiger partial charge in [0.05, 0.1) is 23.4 Å². The van der Waals surface area contributed by atoms with Gasteiger partial charge in [0.2, 0.25) is 0 Å². The van der Waals surface area contributed by atoms with Crippen molar-refractivity contribution >= 4 is 14.0 Å². The maximum absolute atomic E-state index is 6.02. The van der Waals surface area contributed by atoms with Gasteiger partial charge in [-0.1, -0.05) is 6.92 Å². The SMILES string of the molecule is CCC1(C)OB(B2OCC(C)(C)O2)OC1(C)C. The first-order valence-corrected chi connectivity index (χ1v) is 6.34. The summed E-state index contributed by atoms with van der Waals surface area (Å²) in [5.41, 5.74) is -0.879. The molecule has 0 spiro atoms. The van der Waals surface area contributed by atoms with Crippen LogP contribution in [-0.4, -0.2) is 37.4 Å². The fourth-order valence-corrected chi connectivity index (χ4v) is 2.26. The Bertz CT molecular complexity index is 308. The predicted octanol–water partition coefficient (Wildman–Crippen LogP) is 1.86. The third-order valence-corrected chi connectivity index (χ3v) is 3.99. The van der Waals surface area contributed by atoms with Crippen LogP contribution >= 0.6 is 0 Å². The molecule has 1 atom stereocenters. The van der Waals surface area contributed by atoms with Gasteiger partial charge in [-0.15, -0.1) is 0 Å². The number of hydrogen-bond acceptors (Lipinski definition) is 4. The van der Waals surface area contributed by atoms with E-state index in [1.165, 1.54) is 0 Å². The first-order valence-electron chi connectivity index (χ1n) is 6.34. The van der Waals surface area contributed by atoms with Crippen LogP contribution in [0.2, 0.25) is 0 Å². The zero-order chi connectivity index (χ0) is 12.9. The Morgan fingerprint density at radius 3 is 2.00 bits per heavy atom. The maximum atomic E-state index is 6.02. The van der Waals surface area contributed by atoms with Crippen LogP contribution in [0.1, 0.15) is 48.0 Å². The molecular formula is C11H22B2O4. The normalized spacial score (nSPS) is 35.6. The van der Waals surface area contributed by atoms with E-state index < -0.39 is 14.0 Å². The van der Waals surface area contributed by atoms with Crippen molar-refractivity contribution in [1.82, 2.24) is 0 Å². The third kappa shape index (κ3) is 2.28. The Labute approximate surface area is 105 Å². The maximum Gasteiger partial charge on any atom is 0.488 e. The second-order valence-electron chi connectivity index (χ2n) is 6.26. The Balaban J connectivity index is 2.07. The highest BCUT2D eigenvalue weighted by Crippen LogP contribution is 2.41. The van der Waals surface area contributed by atoms with Crippen molar-refractivity contribution in [1.29, 1.82) is 0 Å². The van der Waals surface area contributed by atoms with Gasteiger partial charge >= 0.3 is 14.0 Å². The fraction of sp³-hybridized carbons (Fsp3) is 1.00. The van der Waals surface area contributed by atoms with Gasteiger partial charge in [-0.05, 0) is 41.0 Å². The van der Waals surface area contributed by atoms with Gasteiger partial charge in [-0.3, -0.25) is 0 Å². The molecule has 0 amide bonds. The van der Waals surface area contributed by atoms with Crippen molar-refractivity contribution in [2.24, 2.45) is 0 Å². The van der Waals surface area contributed by atoms with Crippen molar-refractivity contribution in [2.75, 3.05) is 6.61 Å². The smallest absolute Gasteiger partial charge is 0.410 e. The summed E-state index contributed by atoms with van der Waals surface area (Å²) in [5.74, 6) is 0. The summed E-state index contributed by atoms with van der Waals surface area (Å²) in [7, 11) is -0.852. The van der Waals surface area contributed by atoms with Crippen LogP contribution in [0, 0.1) is 0 Å². The molecule has 0 radical (unpaired) electrons. The van der Waals surface area contributed by atoms with Crippen LogP contribution < -0.4 is 0 Å². The lowest BCUT2D eigenvalue weighted by Gasteiger charge is -2.35. The Morgan fingerprint density at radius 1 is 0.941 bits per heavy atom. The zero-order valence-corrected chi connectivity index (χ0v) is 11.7. The molecule has 0 bridgehead atoms. The van der Waals surface area contributed by atoms with E-state index in [0.717, 1.165) is 6.42 Å². The Kier molecular flexibility index (Phi) is 3.14. The molecule has 2 aliphatic heterocycles. The van der Waals surface area contributed by atoms with Gasteiger partial charge in [-0.2, -0.15) is 0 Å². The van der Waals surface area contributed by atoms with Crippen LogP contribution in [0.5, 0.6) is 0 Å². The number of rotatable bonds is 2. The first kappa shape index (κ1) is 13.4. The topological polar surface area (TPSA) is 36.9 Å². The molecule has 6 heteroatoms. The molecular weight excluding hydrogens is 218 g/mol. The standard InChI is InChI=1S/C11H22B2O4/c1-7-11(6)10(4,5)16-13(17-11)12-14-8-9(2,3)15-12/h7-8H2,1-6H3. The van der Waals surface area contributed by atoms with Gasteiger partial charge in [0.15, 0.2) is 0 Å². The summed E-state index contributed by atoms with van der Waals surface area (Å²) in [5, 5.41) is 0. The van der Waals surface area contributed by atoms with Crippen LogP contribution in [-0.2, 0) is 18.6 Å². The van der Waals surface area contributed by atoms with Crippen LogP contribution in [0.4, 0.5) is 0 Å². The minimum Gasteiger partial charge on any atom is -0.410 e. The van der Waals surface area contributed by atoms with E-state index in [9.17, 15) is 0 Å². The highest BCUT2D eigenvalue weighted by molar-refractivity contribution is 7.11. The summed E-state index contributed by atoms with van der Waals surface area (Å²) >= 11 is 0. The van der Waals surface area contributed by atoms with Crippen molar-refractivity contribution in [3.05, 3.63) is 0 Å². The number of hydrogen-bond donors (Lipinski definition) is 0. The molecule has 1 unspecified atom stereocenters. The average molecular weight is 240 g/mol. The predicted molar refractivity (Wildman–Crippen MR) is 67.6 cm³/mol. The van der Waals surface area contributed by atoms with Crippen molar-refractivity contribution in [3.8, 4) is 0 Å². The molecule has 17 heavy (non-hydrogen) atoms. The van der Waals surface area contributed by atoms with Gasteiger partial charge in [0.25, 0.3) is 0 Å². The van der Waals surface area contributed by atoms with Crippen molar-refractivity contribution < 1.29 is 18.6 Å². The molecule has 0 aromatic rings. The molecule has 96 valence electrons. The zero-order valence-electron chi connectivity index (χ0n) is 11.7. The van der Waals surface area contributed by atoms with Gasteiger partial charge in [0.1, 0.15) is 0 Å². The quantitative estimate of drug-likeness (QED) is 0.690. The highest BCUT2D eigenvalue weighted by Gasteiger charge is 2.60. The first-order chi connectivity index (χ1) is 7.69. The molecule has 2 heterocycles. The second kappa shape index (κ2) is 3.98. The summed E-state index contributed by atoms with van der Waals surface area (Å²) < 4.78 is 23.4. The van der Waals surface area contributed by atoms with E-state index >= 15 is 0 Å². The Hall–Kier alpha value is -0.0301. The van der Waals surface area contributed by atoms with Crippen LogP contribution in [0.3, 0.4) is 0 Å². The van der Waals surface area contributed by atoms with Crippen molar-refractivity contribution in [2.45, 2.75) is 64.8 Å². The van der Waals surface area contributed by atoms with Gasteiger partial charge < -0.3 is 18.6 Å². The van der Waals surface area contributed by atoms with E-state index in [4.69, 9.17) is 18.6 Å². The third-order valence-electron chi connectivity index (χ3n) is 3.99. The van der Waals surface area contributed by atoms with E-state index in [1.807, 2.05) is 13.8 Å². The summed E-state index contributed by atoms with van der Waals surface area (Å²) in [6.45, 7) is 12.9. The van der Waals surface area contributed by atoms with Crippen LogP contribution in [0.15, 0.2) is 0 Å². The molecule has 0 aromatic carbocycles. The van der Waals surface area contributed by atoms with Gasteiger partial charge in [0, 0.05) is 0 Å². The van der Waals surface area contributed by atoms with E-state index in [2.05, 4.69) is 27.7 Å². The van der Waals surface area contributed by atoms with E-state index in [0.29, 0.717) is 6.61 Å². The minimum absolute atomic E-state index is 0.257. The monoisotopic (exact) mass is 240 g/mol. The lowest BCUT2D eigenvalue weighted by Crippen LogP contribution is -2.44. The molecule has 0 N–H and O–H groups in total. The summed E-state index contributed by atoms with van der Waals surface area (Å²) in [6.07, 6.45) is 0.895. The average Bonchev–Trinajstić information content (AvgIpc) is 2.67. The molecule has 2 rings (SSSR count). The largest absolute Gasteiger partial charge is 0.488 e. The molecule has 0 aliphatic carbocycles. The van der Waals surface area contributed by atoms with Crippen molar-refractivity contribution in [3.63, 3.8) is 0 Å². The highest BCUT2D eigenvalue weighted by atomic mass is 16.7.